The second kappa shape index (κ2) is 8.72. The summed E-state index contributed by atoms with van der Waals surface area (Å²) < 4.78 is 5.77. The number of benzene rings is 2. The minimum absolute atomic E-state index is 0.144. The molecule has 0 radical (unpaired) electrons. The van der Waals surface area contributed by atoms with Crippen molar-refractivity contribution < 1.29 is 9.84 Å². The maximum Gasteiger partial charge on any atom is 0.122 e. The summed E-state index contributed by atoms with van der Waals surface area (Å²) in [6, 6.07) is 16.2. The van der Waals surface area contributed by atoms with Gasteiger partial charge in [-0.1, -0.05) is 57.2 Å². The van der Waals surface area contributed by atoms with Crippen LogP contribution >= 0.6 is 0 Å². The Bertz CT molecular complexity index is 671. The number of allylic oxidation sites excluding steroid dienone is 1. The molecular formula is C22H29NO2. The van der Waals surface area contributed by atoms with Crippen molar-refractivity contribution in [3.05, 3.63) is 72.3 Å². The van der Waals surface area contributed by atoms with Crippen molar-refractivity contribution in [2.24, 2.45) is 0 Å². The summed E-state index contributed by atoms with van der Waals surface area (Å²) >= 11 is 0. The standard InChI is InChI=1S/C22H29NO2/c1-5-8-17-9-6-7-10-21(17)25-16-20(24)15-23-19-13-11-18(12-14-19)22(2,3)4/h5-7,9-14,20,23-24H,1,8,15-16H2,2-4H3. The normalized spacial score (nSPS) is 12.5. The van der Waals surface area contributed by atoms with Gasteiger partial charge in [0.15, 0.2) is 0 Å². The van der Waals surface area contributed by atoms with Gasteiger partial charge in [0.1, 0.15) is 18.5 Å². The number of rotatable bonds is 8. The molecule has 0 spiro atoms. The van der Waals surface area contributed by atoms with E-state index < -0.39 is 6.10 Å². The van der Waals surface area contributed by atoms with Gasteiger partial charge in [0, 0.05) is 12.2 Å². The van der Waals surface area contributed by atoms with E-state index in [1.54, 1.807) is 0 Å². The average Bonchev–Trinajstić information content (AvgIpc) is 2.59. The maximum atomic E-state index is 10.2. The van der Waals surface area contributed by atoms with Gasteiger partial charge in [0.25, 0.3) is 0 Å². The van der Waals surface area contributed by atoms with Crippen LogP contribution in [0.2, 0.25) is 0 Å². The number of aliphatic hydroxyl groups is 1. The summed E-state index contributed by atoms with van der Waals surface area (Å²) in [5, 5.41) is 13.4. The van der Waals surface area contributed by atoms with Gasteiger partial charge in [0.05, 0.1) is 0 Å². The predicted molar refractivity (Wildman–Crippen MR) is 105 cm³/mol. The molecule has 1 unspecified atom stereocenters. The number of anilines is 1. The van der Waals surface area contributed by atoms with E-state index in [2.05, 4.69) is 44.8 Å². The molecular weight excluding hydrogens is 310 g/mol. The molecule has 1 atom stereocenters. The molecule has 3 heteroatoms. The van der Waals surface area contributed by atoms with E-state index >= 15 is 0 Å². The van der Waals surface area contributed by atoms with Gasteiger partial charge in [0.2, 0.25) is 0 Å². The predicted octanol–water partition coefficient (Wildman–Crippen LogP) is 4.56. The van der Waals surface area contributed by atoms with Crippen molar-refractivity contribution in [3.63, 3.8) is 0 Å². The van der Waals surface area contributed by atoms with E-state index in [4.69, 9.17) is 4.74 Å². The summed E-state index contributed by atoms with van der Waals surface area (Å²) in [5.41, 5.74) is 3.51. The fraction of sp³-hybridized carbons (Fsp3) is 0.364. The third-order valence-electron chi connectivity index (χ3n) is 4.06. The molecule has 0 heterocycles. The van der Waals surface area contributed by atoms with Gasteiger partial charge in [-0.2, -0.15) is 0 Å². The van der Waals surface area contributed by atoms with E-state index in [0.29, 0.717) is 6.54 Å². The topological polar surface area (TPSA) is 41.5 Å². The largest absolute Gasteiger partial charge is 0.491 e. The van der Waals surface area contributed by atoms with E-state index in [1.807, 2.05) is 42.5 Å². The first-order valence-corrected chi connectivity index (χ1v) is 8.74. The fourth-order valence-electron chi connectivity index (χ4n) is 2.54. The zero-order chi connectivity index (χ0) is 18.3. The van der Waals surface area contributed by atoms with Crippen LogP contribution in [0.25, 0.3) is 0 Å². The first-order chi connectivity index (χ1) is 11.9. The van der Waals surface area contributed by atoms with Crippen molar-refractivity contribution >= 4 is 5.69 Å². The summed E-state index contributed by atoms with van der Waals surface area (Å²) in [6.45, 7) is 11.0. The van der Waals surface area contributed by atoms with Crippen LogP contribution in [0.5, 0.6) is 5.75 Å². The van der Waals surface area contributed by atoms with Gasteiger partial charge in [-0.05, 0) is 41.2 Å². The van der Waals surface area contributed by atoms with Crippen LogP contribution in [-0.4, -0.2) is 24.4 Å². The van der Waals surface area contributed by atoms with Crippen molar-refractivity contribution in [2.75, 3.05) is 18.5 Å². The summed E-state index contributed by atoms with van der Waals surface area (Å²) in [7, 11) is 0. The Kier molecular flexibility index (Phi) is 6.65. The SMILES string of the molecule is C=CCc1ccccc1OCC(O)CNc1ccc(C(C)(C)C)cc1. The van der Waals surface area contributed by atoms with E-state index in [0.717, 1.165) is 23.4 Å². The molecule has 0 aliphatic heterocycles. The quantitative estimate of drug-likeness (QED) is 0.693. The summed E-state index contributed by atoms with van der Waals surface area (Å²) in [4.78, 5) is 0. The van der Waals surface area contributed by atoms with Crippen LogP contribution in [-0.2, 0) is 11.8 Å². The molecule has 0 amide bonds. The lowest BCUT2D eigenvalue weighted by Crippen LogP contribution is -2.26. The number of ether oxygens (including phenoxy) is 1. The second-order valence-electron chi connectivity index (χ2n) is 7.27. The molecule has 2 N–H and O–H groups in total. The van der Waals surface area contributed by atoms with E-state index in [9.17, 15) is 5.11 Å². The van der Waals surface area contributed by atoms with E-state index in [-0.39, 0.29) is 12.0 Å². The molecule has 2 aromatic rings. The Morgan fingerprint density at radius 3 is 2.44 bits per heavy atom. The van der Waals surface area contributed by atoms with Gasteiger partial charge in [-0.3, -0.25) is 0 Å². The molecule has 0 fully saturated rings. The van der Waals surface area contributed by atoms with Crippen molar-refractivity contribution in [3.8, 4) is 5.75 Å². The van der Waals surface area contributed by atoms with Crippen LogP contribution in [0.4, 0.5) is 5.69 Å². The Labute approximate surface area is 151 Å². The molecule has 3 nitrogen and oxygen atoms in total. The highest BCUT2D eigenvalue weighted by molar-refractivity contribution is 5.45. The molecule has 134 valence electrons. The minimum Gasteiger partial charge on any atom is -0.491 e. The third-order valence-corrected chi connectivity index (χ3v) is 4.06. The Balaban J connectivity index is 1.83. The molecule has 0 saturated heterocycles. The van der Waals surface area contributed by atoms with Gasteiger partial charge >= 0.3 is 0 Å². The fourth-order valence-corrected chi connectivity index (χ4v) is 2.54. The van der Waals surface area contributed by atoms with Gasteiger partial charge in [-0.15, -0.1) is 6.58 Å². The van der Waals surface area contributed by atoms with Crippen LogP contribution in [0.3, 0.4) is 0 Å². The number of aliphatic hydroxyl groups excluding tert-OH is 1. The zero-order valence-corrected chi connectivity index (χ0v) is 15.5. The highest BCUT2D eigenvalue weighted by Gasteiger charge is 2.13. The Morgan fingerprint density at radius 1 is 1.12 bits per heavy atom. The summed E-state index contributed by atoms with van der Waals surface area (Å²) in [6.07, 6.45) is 2.02. The molecule has 0 saturated carbocycles. The van der Waals surface area contributed by atoms with Crippen LogP contribution in [0.15, 0.2) is 61.2 Å². The third kappa shape index (κ3) is 5.95. The lowest BCUT2D eigenvalue weighted by Gasteiger charge is -2.20. The minimum atomic E-state index is -0.584. The van der Waals surface area contributed by atoms with Crippen LogP contribution in [0, 0.1) is 0 Å². The molecule has 0 bridgehead atoms. The smallest absolute Gasteiger partial charge is 0.122 e. The summed E-state index contributed by atoms with van der Waals surface area (Å²) in [5.74, 6) is 0.802. The Hall–Kier alpha value is -2.26. The Morgan fingerprint density at radius 2 is 1.80 bits per heavy atom. The number of hydrogen-bond acceptors (Lipinski definition) is 3. The molecule has 25 heavy (non-hydrogen) atoms. The highest BCUT2D eigenvalue weighted by atomic mass is 16.5. The van der Waals surface area contributed by atoms with Crippen molar-refractivity contribution in [2.45, 2.75) is 38.7 Å². The lowest BCUT2D eigenvalue weighted by molar-refractivity contribution is 0.117. The van der Waals surface area contributed by atoms with Crippen molar-refractivity contribution in [1.29, 1.82) is 0 Å². The molecule has 2 rings (SSSR count). The molecule has 2 aromatic carbocycles. The van der Waals surface area contributed by atoms with Gasteiger partial charge < -0.3 is 15.2 Å². The average molecular weight is 339 g/mol. The van der Waals surface area contributed by atoms with E-state index in [1.165, 1.54) is 5.56 Å². The number of nitrogens with one attached hydrogen (secondary N) is 1. The van der Waals surface area contributed by atoms with Crippen LogP contribution in [0.1, 0.15) is 31.9 Å². The highest BCUT2D eigenvalue weighted by Crippen LogP contribution is 2.23. The number of para-hydroxylation sites is 1. The molecule has 0 aliphatic rings. The van der Waals surface area contributed by atoms with Gasteiger partial charge in [-0.25, -0.2) is 0 Å². The zero-order valence-electron chi connectivity index (χ0n) is 15.5. The second-order valence-corrected chi connectivity index (χ2v) is 7.27. The van der Waals surface area contributed by atoms with Crippen LogP contribution < -0.4 is 10.1 Å². The lowest BCUT2D eigenvalue weighted by atomic mass is 9.87. The first kappa shape index (κ1) is 19.1. The maximum absolute atomic E-state index is 10.2. The monoisotopic (exact) mass is 339 g/mol. The molecule has 0 aliphatic carbocycles. The number of hydrogen-bond donors (Lipinski definition) is 2. The first-order valence-electron chi connectivity index (χ1n) is 8.74. The molecule has 0 aromatic heterocycles. The van der Waals surface area contributed by atoms with Crippen molar-refractivity contribution in [1.82, 2.24) is 0 Å².